The number of carbonyl (C=O) groups excluding carboxylic acids is 1. The van der Waals surface area contributed by atoms with Gasteiger partial charge in [-0.05, 0) is 6.07 Å². The average Bonchev–Trinajstić information content (AvgIpc) is 2.37. The highest BCUT2D eigenvalue weighted by molar-refractivity contribution is 5.74. The van der Waals surface area contributed by atoms with Gasteiger partial charge in [-0.25, -0.2) is 10.8 Å². The zero-order valence-corrected chi connectivity index (χ0v) is 9.96. The van der Waals surface area contributed by atoms with Crippen molar-refractivity contribution in [1.82, 2.24) is 4.98 Å². The first-order chi connectivity index (χ1) is 9.04. The van der Waals surface area contributed by atoms with Crippen molar-refractivity contribution in [3.8, 4) is 0 Å². The quantitative estimate of drug-likeness (QED) is 0.206. The monoisotopic (exact) mass is 270 g/mol. The molecule has 0 aromatic carbocycles. The number of ether oxygens (including phenoxy) is 1. The Morgan fingerprint density at radius 2 is 2.26 bits per heavy atom. The van der Waals surface area contributed by atoms with Gasteiger partial charge in [0.25, 0.3) is 0 Å². The average molecular weight is 270 g/mol. The van der Waals surface area contributed by atoms with Crippen molar-refractivity contribution in [2.24, 2.45) is 11.6 Å². The second kappa shape index (κ2) is 7.08. The number of nitrogens with one attached hydrogen (secondary N) is 2. The van der Waals surface area contributed by atoms with Gasteiger partial charge in [0.15, 0.2) is 0 Å². The number of hydrogen-bond donors (Lipinski definition) is 4. The SMILES string of the molecule is NNc1ccc([N+](=O)[O-])c(NCCOCC(N)=O)n1. The fourth-order valence-electron chi connectivity index (χ4n) is 1.22. The summed E-state index contributed by atoms with van der Waals surface area (Å²) in [5.41, 5.74) is 6.98. The van der Waals surface area contributed by atoms with E-state index >= 15 is 0 Å². The summed E-state index contributed by atoms with van der Waals surface area (Å²) in [6.07, 6.45) is 0. The number of primary amides is 1. The molecule has 10 heteroatoms. The molecule has 1 amide bonds. The molecule has 0 aliphatic carbocycles. The van der Waals surface area contributed by atoms with Crippen LogP contribution in [0.25, 0.3) is 0 Å². The van der Waals surface area contributed by atoms with Crippen LogP contribution >= 0.6 is 0 Å². The van der Waals surface area contributed by atoms with E-state index in [1.54, 1.807) is 0 Å². The molecule has 0 spiro atoms. The predicted molar refractivity (Wildman–Crippen MR) is 67.2 cm³/mol. The topological polar surface area (TPSA) is 158 Å². The molecular weight excluding hydrogens is 256 g/mol. The van der Waals surface area contributed by atoms with Gasteiger partial charge in [-0.3, -0.25) is 14.9 Å². The first kappa shape index (κ1) is 14.6. The Hall–Kier alpha value is -2.46. The second-order valence-corrected chi connectivity index (χ2v) is 3.41. The summed E-state index contributed by atoms with van der Waals surface area (Å²) in [7, 11) is 0. The van der Waals surface area contributed by atoms with E-state index in [1.165, 1.54) is 12.1 Å². The normalized spacial score (nSPS) is 9.95. The number of nitrogen functional groups attached to an aromatic ring is 1. The number of hydrazine groups is 1. The molecule has 1 rings (SSSR count). The number of nitro groups is 1. The minimum absolute atomic E-state index is 0.0584. The molecule has 0 saturated heterocycles. The molecule has 0 atom stereocenters. The molecule has 0 fully saturated rings. The van der Waals surface area contributed by atoms with Crippen LogP contribution in [0.15, 0.2) is 12.1 Å². The van der Waals surface area contributed by atoms with E-state index in [2.05, 4.69) is 15.7 Å². The van der Waals surface area contributed by atoms with Gasteiger partial charge in [-0.15, -0.1) is 0 Å². The summed E-state index contributed by atoms with van der Waals surface area (Å²) in [6, 6.07) is 2.65. The van der Waals surface area contributed by atoms with Crippen molar-refractivity contribution < 1.29 is 14.5 Å². The van der Waals surface area contributed by atoms with Crippen molar-refractivity contribution >= 4 is 23.2 Å². The molecule has 1 aromatic heterocycles. The standard InChI is InChI=1S/C9H14N6O4/c10-7(16)5-19-4-3-12-9-6(15(17)18)1-2-8(13-9)14-11/h1-2H,3-5,11H2,(H2,10,16)(H2,12,13,14). The van der Waals surface area contributed by atoms with Crippen molar-refractivity contribution in [3.05, 3.63) is 22.2 Å². The van der Waals surface area contributed by atoms with Crippen LogP contribution in [0.3, 0.4) is 0 Å². The third-order valence-electron chi connectivity index (χ3n) is 2.00. The largest absolute Gasteiger partial charge is 0.370 e. The molecule has 0 bridgehead atoms. The van der Waals surface area contributed by atoms with Crippen LogP contribution < -0.4 is 22.3 Å². The highest BCUT2D eigenvalue weighted by Gasteiger charge is 2.15. The van der Waals surface area contributed by atoms with E-state index < -0.39 is 10.8 Å². The minimum Gasteiger partial charge on any atom is -0.370 e. The molecule has 0 unspecified atom stereocenters. The van der Waals surface area contributed by atoms with E-state index in [4.69, 9.17) is 16.3 Å². The van der Waals surface area contributed by atoms with Gasteiger partial charge < -0.3 is 21.2 Å². The third-order valence-corrected chi connectivity index (χ3v) is 2.00. The first-order valence-corrected chi connectivity index (χ1v) is 5.26. The Kier molecular flexibility index (Phi) is 5.44. The van der Waals surface area contributed by atoms with Gasteiger partial charge in [-0.1, -0.05) is 0 Å². The number of rotatable bonds is 8. The van der Waals surface area contributed by atoms with Crippen molar-refractivity contribution in [3.63, 3.8) is 0 Å². The summed E-state index contributed by atoms with van der Waals surface area (Å²) in [5.74, 6) is 4.93. The van der Waals surface area contributed by atoms with Gasteiger partial charge in [0.05, 0.1) is 11.5 Å². The molecular formula is C9H14N6O4. The van der Waals surface area contributed by atoms with Crippen LogP contribution in [0, 0.1) is 10.1 Å². The summed E-state index contributed by atoms with van der Waals surface area (Å²) < 4.78 is 4.90. The van der Waals surface area contributed by atoms with Crippen LogP contribution in [-0.4, -0.2) is 35.6 Å². The van der Waals surface area contributed by atoms with E-state index in [-0.39, 0.29) is 37.1 Å². The van der Waals surface area contributed by atoms with E-state index in [9.17, 15) is 14.9 Å². The number of nitrogens with zero attached hydrogens (tertiary/aromatic N) is 2. The summed E-state index contributed by atoms with van der Waals surface area (Å²) in [4.78, 5) is 24.5. The second-order valence-electron chi connectivity index (χ2n) is 3.41. The zero-order chi connectivity index (χ0) is 14.3. The molecule has 104 valence electrons. The van der Waals surface area contributed by atoms with Crippen LogP contribution in [0.1, 0.15) is 0 Å². The van der Waals surface area contributed by atoms with Crippen LogP contribution in [-0.2, 0) is 9.53 Å². The Bertz CT molecular complexity index is 466. The Labute approximate surface area is 108 Å². The number of amides is 1. The summed E-state index contributed by atoms with van der Waals surface area (Å²) in [6.45, 7) is 0.179. The summed E-state index contributed by atoms with van der Waals surface area (Å²) in [5, 5.41) is 13.5. The lowest BCUT2D eigenvalue weighted by Gasteiger charge is -2.08. The zero-order valence-electron chi connectivity index (χ0n) is 9.96. The molecule has 0 aliphatic heterocycles. The number of carbonyl (C=O) groups is 1. The van der Waals surface area contributed by atoms with Gasteiger partial charge in [0.2, 0.25) is 11.7 Å². The van der Waals surface area contributed by atoms with Crippen LogP contribution in [0.5, 0.6) is 0 Å². The smallest absolute Gasteiger partial charge is 0.311 e. The van der Waals surface area contributed by atoms with Crippen LogP contribution in [0.2, 0.25) is 0 Å². The maximum atomic E-state index is 10.8. The lowest BCUT2D eigenvalue weighted by molar-refractivity contribution is -0.384. The van der Waals surface area contributed by atoms with Crippen molar-refractivity contribution in [1.29, 1.82) is 0 Å². The summed E-state index contributed by atoms with van der Waals surface area (Å²) >= 11 is 0. The molecule has 1 heterocycles. The lowest BCUT2D eigenvalue weighted by Crippen LogP contribution is -2.21. The molecule has 0 saturated carbocycles. The van der Waals surface area contributed by atoms with E-state index in [0.29, 0.717) is 0 Å². The Balaban J connectivity index is 2.59. The van der Waals surface area contributed by atoms with Crippen LogP contribution in [0.4, 0.5) is 17.3 Å². The number of aromatic nitrogens is 1. The number of anilines is 2. The van der Waals surface area contributed by atoms with Gasteiger partial charge in [-0.2, -0.15) is 0 Å². The van der Waals surface area contributed by atoms with E-state index in [1.807, 2.05) is 0 Å². The fourth-order valence-corrected chi connectivity index (χ4v) is 1.22. The third kappa shape index (κ3) is 4.73. The number of pyridine rings is 1. The van der Waals surface area contributed by atoms with Crippen molar-refractivity contribution in [2.45, 2.75) is 0 Å². The molecule has 0 radical (unpaired) electrons. The van der Waals surface area contributed by atoms with Crippen molar-refractivity contribution in [2.75, 3.05) is 30.5 Å². The lowest BCUT2D eigenvalue weighted by atomic mass is 10.3. The maximum absolute atomic E-state index is 10.8. The molecule has 10 nitrogen and oxygen atoms in total. The minimum atomic E-state index is -0.585. The Morgan fingerprint density at radius 3 is 2.84 bits per heavy atom. The first-order valence-electron chi connectivity index (χ1n) is 5.26. The highest BCUT2D eigenvalue weighted by atomic mass is 16.6. The maximum Gasteiger partial charge on any atom is 0.311 e. The molecule has 6 N–H and O–H groups in total. The predicted octanol–water partition coefficient (Wildman–Crippen LogP) is -0.811. The highest BCUT2D eigenvalue weighted by Crippen LogP contribution is 2.23. The van der Waals surface area contributed by atoms with Gasteiger partial charge in [0, 0.05) is 12.6 Å². The fraction of sp³-hybridized carbons (Fsp3) is 0.333. The molecule has 0 aliphatic rings. The van der Waals surface area contributed by atoms with E-state index in [0.717, 1.165) is 0 Å². The number of hydrogen-bond acceptors (Lipinski definition) is 8. The molecule has 19 heavy (non-hydrogen) atoms. The molecule has 1 aromatic rings. The number of nitrogens with two attached hydrogens (primary N) is 2. The van der Waals surface area contributed by atoms with Gasteiger partial charge in [0.1, 0.15) is 12.4 Å². The van der Waals surface area contributed by atoms with Gasteiger partial charge >= 0.3 is 5.69 Å². The Morgan fingerprint density at radius 1 is 1.53 bits per heavy atom.